The first kappa shape index (κ1) is 21.2. The van der Waals surface area contributed by atoms with Gasteiger partial charge in [0.15, 0.2) is 10.8 Å². The number of amides is 1. The number of nitrogens with one attached hydrogen (secondary N) is 1. The lowest BCUT2D eigenvalue weighted by molar-refractivity contribution is -0.137. The van der Waals surface area contributed by atoms with Crippen LogP contribution in [0, 0.1) is 5.82 Å². The Bertz CT molecular complexity index is 1220. The summed E-state index contributed by atoms with van der Waals surface area (Å²) in [4.78, 5) is 12.2. The monoisotopic (exact) mass is 468 g/mol. The molecular formula is C18H12F4N6OS2. The van der Waals surface area contributed by atoms with Crippen LogP contribution in [0.25, 0.3) is 5.65 Å². The van der Waals surface area contributed by atoms with E-state index in [2.05, 4.69) is 25.7 Å². The largest absolute Gasteiger partial charge is 0.417 e. The minimum atomic E-state index is -4.48. The molecule has 0 aliphatic heterocycles. The van der Waals surface area contributed by atoms with E-state index in [4.69, 9.17) is 0 Å². The fraction of sp³-hybridized carbons (Fsp3) is 0.167. The molecule has 0 radical (unpaired) electrons. The zero-order valence-electron chi connectivity index (χ0n) is 15.4. The summed E-state index contributed by atoms with van der Waals surface area (Å²) >= 11 is 2.19. The molecule has 3 aromatic heterocycles. The molecule has 0 unspecified atom stereocenters. The molecule has 4 aromatic rings. The smallest absolute Gasteiger partial charge is 0.346 e. The van der Waals surface area contributed by atoms with Crippen molar-refractivity contribution in [2.45, 2.75) is 23.6 Å². The van der Waals surface area contributed by atoms with Gasteiger partial charge in [0.1, 0.15) is 10.8 Å². The van der Waals surface area contributed by atoms with Gasteiger partial charge >= 0.3 is 6.18 Å². The molecule has 0 spiro atoms. The fourth-order valence-electron chi connectivity index (χ4n) is 2.53. The van der Waals surface area contributed by atoms with Crippen LogP contribution in [0.1, 0.15) is 25.9 Å². The van der Waals surface area contributed by atoms with Gasteiger partial charge in [0.05, 0.1) is 11.3 Å². The van der Waals surface area contributed by atoms with Crippen LogP contribution in [0.5, 0.6) is 0 Å². The first-order valence-corrected chi connectivity index (χ1v) is 10.5. The number of rotatable bonds is 6. The maximum Gasteiger partial charge on any atom is 0.417 e. The van der Waals surface area contributed by atoms with Gasteiger partial charge < -0.3 is 5.32 Å². The second-order valence-corrected chi connectivity index (χ2v) is 8.23. The lowest BCUT2D eigenvalue weighted by Gasteiger charge is -2.07. The third-order valence-corrected chi connectivity index (χ3v) is 6.11. The molecule has 0 saturated carbocycles. The van der Waals surface area contributed by atoms with Crippen molar-refractivity contribution >= 4 is 34.7 Å². The maximum atomic E-state index is 12.9. The normalized spacial score (nSPS) is 11.7. The van der Waals surface area contributed by atoms with Gasteiger partial charge in [-0.05, 0) is 29.8 Å². The summed E-state index contributed by atoms with van der Waals surface area (Å²) < 4.78 is 53.0. The molecule has 160 valence electrons. The topological polar surface area (TPSA) is 85.1 Å². The van der Waals surface area contributed by atoms with Crippen LogP contribution in [0.3, 0.4) is 0 Å². The summed E-state index contributed by atoms with van der Waals surface area (Å²) in [7, 11) is 0. The average molecular weight is 468 g/mol. The number of hydrogen-bond donors (Lipinski definition) is 1. The van der Waals surface area contributed by atoms with Crippen molar-refractivity contribution in [2.24, 2.45) is 0 Å². The molecule has 0 aliphatic rings. The molecule has 1 aromatic carbocycles. The molecule has 13 heteroatoms. The highest BCUT2D eigenvalue weighted by atomic mass is 32.2. The van der Waals surface area contributed by atoms with E-state index in [9.17, 15) is 22.4 Å². The lowest BCUT2D eigenvalue weighted by atomic mass is 10.2. The summed E-state index contributed by atoms with van der Waals surface area (Å²) in [6.45, 7) is 0.204. The molecule has 0 saturated heterocycles. The van der Waals surface area contributed by atoms with Gasteiger partial charge in [0.25, 0.3) is 5.91 Å². The van der Waals surface area contributed by atoms with Crippen molar-refractivity contribution in [3.8, 4) is 0 Å². The Balaban J connectivity index is 1.39. The minimum absolute atomic E-state index is 0.142. The Morgan fingerprint density at radius 3 is 2.58 bits per heavy atom. The Kier molecular flexibility index (Phi) is 5.87. The van der Waals surface area contributed by atoms with Gasteiger partial charge in [-0.3, -0.25) is 9.20 Å². The zero-order valence-corrected chi connectivity index (χ0v) is 17.1. The number of aromatic nitrogens is 5. The molecule has 0 aliphatic carbocycles. The number of alkyl halides is 3. The second kappa shape index (κ2) is 8.59. The zero-order chi connectivity index (χ0) is 22.0. The quantitative estimate of drug-likeness (QED) is 0.341. The van der Waals surface area contributed by atoms with Crippen molar-refractivity contribution in [3.63, 3.8) is 0 Å². The Labute approximate surface area is 180 Å². The summed E-state index contributed by atoms with van der Waals surface area (Å²) in [5.41, 5.74) is 0.207. The molecular weight excluding hydrogens is 456 g/mol. The highest BCUT2D eigenvalue weighted by Crippen LogP contribution is 2.30. The molecule has 7 nitrogen and oxygen atoms in total. The first-order valence-electron chi connectivity index (χ1n) is 8.69. The van der Waals surface area contributed by atoms with E-state index >= 15 is 0 Å². The van der Waals surface area contributed by atoms with Crippen LogP contribution >= 0.6 is 23.1 Å². The van der Waals surface area contributed by atoms with Gasteiger partial charge in [0.2, 0.25) is 5.01 Å². The standard InChI is InChI=1S/C18H12F4N6OS2/c19-12-4-1-10(2-5-12)7-23-15(29)16-26-25-14(31-16)9-30-17-27-24-13-6-3-11(8-28(13)17)18(20,21)22/h1-6,8H,7,9H2,(H,23,29). The van der Waals surface area contributed by atoms with Crippen molar-refractivity contribution in [1.82, 2.24) is 30.1 Å². The van der Waals surface area contributed by atoms with Crippen LogP contribution in [-0.4, -0.2) is 30.7 Å². The number of halogens is 4. The van der Waals surface area contributed by atoms with Crippen molar-refractivity contribution in [3.05, 3.63) is 69.6 Å². The number of hydrogen-bond acceptors (Lipinski definition) is 7. The Hall–Kier alpha value is -3.06. The lowest BCUT2D eigenvalue weighted by Crippen LogP contribution is -2.22. The van der Waals surface area contributed by atoms with Gasteiger partial charge in [-0.25, -0.2) is 4.39 Å². The molecule has 0 atom stereocenters. The van der Waals surface area contributed by atoms with Crippen molar-refractivity contribution in [2.75, 3.05) is 0 Å². The Morgan fingerprint density at radius 1 is 1.06 bits per heavy atom. The fourth-order valence-corrected chi connectivity index (χ4v) is 4.18. The molecule has 31 heavy (non-hydrogen) atoms. The molecule has 1 N–H and O–H groups in total. The van der Waals surface area contributed by atoms with Gasteiger partial charge in [-0.15, -0.1) is 20.4 Å². The highest BCUT2D eigenvalue weighted by molar-refractivity contribution is 7.98. The second-order valence-electron chi connectivity index (χ2n) is 6.23. The highest BCUT2D eigenvalue weighted by Gasteiger charge is 2.31. The minimum Gasteiger partial charge on any atom is -0.346 e. The van der Waals surface area contributed by atoms with E-state index < -0.39 is 17.6 Å². The average Bonchev–Trinajstić information content (AvgIpc) is 3.37. The van der Waals surface area contributed by atoms with Crippen molar-refractivity contribution in [1.29, 1.82) is 0 Å². The van der Waals surface area contributed by atoms with Crippen LogP contribution in [0.2, 0.25) is 0 Å². The number of carbonyl (C=O) groups is 1. The van der Waals surface area contributed by atoms with E-state index in [-0.39, 0.29) is 33.9 Å². The summed E-state index contributed by atoms with van der Waals surface area (Å²) in [6.07, 6.45) is -3.54. The maximum absolute atomic E-state index is 12.9. The Morgan fingerprint density at radius 2 is 1.84 bits per heavy atom. The number of nitrogens with zero attached hydrogens (tertiary/aromatic N) is 5. The number of pyridine rings is 1. The molecule has 0 bridgehead atoms. The van der Waals surface area contributed by atoms with Gasteiger partial charge in [-0.1, -0.05) is 35.2 Å². The van der Waals surface area contributed by atoms with Crippen LogP contribution in [-0.2, 0) is 18.5 Å². The van der Waals surface area contributed by atoms with E-state index in [1.807, 2.05) is 0 Å². The first-order chi connectivity index (χ1) is 14.8. The van der Waals surface area contributed by atoms with Gasteiger partial charge in [0, 0.05) is 12.7 Å². The summed E-state index contributed by atoms with van der Waals surface area (Å²) in [5.74, 6) is -0.544. The SMILES string of the molecule is O=C(NCc1ccc(F)cc1)c1nnc(CSc2nnc3ccc(C(F)(F)F)cn23)s1. The van der Waals surface area contributed by atoms with Crippen molar-refractivity contribution < 1.29 is 22.4 Å². The molecule has 4 rings (SSSR count). The predicted octanol–water partition coefficient (Wildman–Crippen LogP) is 3.96. The predicted molar refractivity (Wildman–Crippen MR) is 105 cm³/mol. The van der Waals surface area contributed by atoms with E-state index in [0.717, 1.165) is 40.9 Å². The number of fused-ring (bicyclic) bond motifs is 1. The number of benzene rings is 1. The van der Waals surface area contributed by atoms with E-state index in [1.54, 1.807) is 12.1 Å². The number of carbonyl (C=O) groups excluding carboxylic acids is 1. The van der Waals surface area contributed by atoms with Crippen LogP contribution < -0.4 is 5.32 Å². The van der Waals surface area contributed by atoms with Crippen LogP contribution in [0.15, 0.2) is 47.8 Å². The van der Waals surface area contributed by atoms with E-state index in [1.165, 1.54) is 22.6 Å². The summed E-state index contributed by atoms with van der Waals surface area (Å²) in [5, 5.41) is 19.1. The summed E-state index contributed by atoms with van der Waals surface area (Å²) in [6, 6.07) is 7.91. The third-order valence-electron chi connectivity index (χ3n) is 4.05. The molecule has 0 fully saturated rings. The third kappa shape index (κ3) is 4.99. The molecule has 3 heterocycles. The van der Waals surface area contributed by atoms with Crippen LogP contribution in [0.4, 0.5) is 17.6 Å². The van der Waals surface area contributed by atoms with E-state index in [0.29, 0.717) is 5.01 Å². The molecule has 1 amide bonds. The number of thioether (sulfide) groups is 1. The van der Waals surface area contributed by atoms with Gasteiger partial charge in [-0.2, -0.15) is 13.2 Å².